The average Bonchev–Trinajstić information content (AvgIpc) is 3.12. The van der Waals surface area contributed by atoms with Crippen molar-refractivity contribution in [1.82, 2.24) is 20.4 Å². The Morgan fingerprint density at radius 3 is 2.88 bits per heavy atom. The molecule has 2 N–H and O–H groups in total. The van der Waals surface area contributed by atoms with Crippen molar-refractivity contribution in [2.24, 2.45) is 0 Å². The van der Waals surface area contributed by atoms with Crippen molar-refractivity contribution in [2.45, 2.75) is 19.0 Å². The minimum atomic E-state index is -0.413. The molecule has 138 valence electrons. The molecule has 1 atom stereocenters. The Kier molecular flexibility index (Phi) is 5.59. The van der Waals surface area contributed by atoms with Crippen LogP contribution in [0.3, 0.4) is 0 Å². The first-order valence-electron chi connectivity index (χ1n) is 8.26. The Hall–Kier alpha value is -2.78. The Bertz CT molecular complexity index is 774. The van der Waals surface area contributed by atoms with E-state index < -0.39 is 12.0 Å². The number of hydrogen-bond donors (Lipinski definition) is 2. The van der Waals surface area contributed by atoms with Gasteiger partial charge in [0.15, 0.2) is 0 Å². The molecular weight excluding hydrogens is 340 g/mol. The first-order valence-corrected chi connectivity index (χ1v) is 8.26. The van der Waals surface area contributed by atoms with Crippen molar-refractivity contribution in [1.29, 1.82) is 0 Å². The van der Waals surface area contributed by atoms with E-state index in [1.165, 1.54) is 7.11 Å². The smallest absolute Gasteiger partial charge is 0.337 e. The summed E-state index contributed by atoms with van der Waals surface area (Å²) in [5.41, 5.74) is 1.14. The molecule has 1 aliphatic heterocycles. The van der Waals surface area contributed by atoms with Crippen LogP contribution < -0.4 is 5.32 Å². The molecule has 2 aromatic rings. The number of nitrogens with zero attached hydrogens (tertiary/aromatic N) is 3. The van der Waals surface area contributed by atoms with Crippen LogP contribution in [0.5, 0.6) is 0 Å². The van der Waals surface area contributed by atoms with Gasteiger partial charge in [-0.2, -0.15) is 4.98 Å². The number of esters is 1. The second kappa shape index (κ2) is 8.07. The van der Waals surface area contributed by atoms with Gasteiger partial charge in [-0.05, 0) is 18.6 Å². The molecular formula is C17H20N4O5. The van der Waals surface area contributed by atoms with Gasteiger partial charge in [-0.3, -0.25) is 9.69 Å². The van der Waals surface area contributed by atoms with E-state index in [0.717, 1.165) is 0 Å². The lowest BCUT2D eigenvalue weighted by Gasteiger charge is -2.33. The topological polar surface area (TPSA) is 118 Å². The normalized spacial score (nSPS) is 17.8. The van der Waals surface area contributed by atoms with Crippen molar-refractivity contribution in [3.05, 3.63) is 35.7 Å². The van der Waals surface area contributed by atoms with Crippen LogP contribution in [0, 0.1) is 0 Å². The number of nitrogens with one attached hydrogen (secondary N) is 1. The monoisotopic (exact) mass is 360 g/mol. The lowest BCUT2D eigenvalue weighted by atomic mass is 10.1. The van der Waals surface area contributed by atoms with Gasteiger partial charge >= 0.3 is 5.97 Å². The number of aliphatic hydroxyl groups excluding tert-OH is 1. The predicted octanol–water partition coefficient (Wildman–Crippen LogP) is 0.206. The third-order valence-corrected chi connectivity index (χ3v) is 4.21. The molecule has 0 unspecified atom stereocenters. The number of amides is 1. The molecule has 1 amide bonds. The van der Waals surface area contributed by atoms with Crippen LogP contribution in [0.1, 0.15) is 22.7 Å². The fourth-order valence-corrected chi connectivity index (χ4v) is 2.87. The maximum absolute atomic E-state index is 12.0. The molecule has 9 heteroatoms. The molecule has 0 radical (unpaired) electrons. The van der Waals surface area contributed by atoms with Gasteiger partial charge in [-0.25, -0.2) is 4.79 Å². The zero-order valence-corrected chi connectivity index (χ0v) is 14.3. The van der Waals surface area contributed by atoms with E-state index in [1.54, 1.807) is 24.3 Å². The molecule has 26 heavy (non-hydrogen) atoms. The van der Waals surface area contributed by atoms with Gasteiger partial charge in [-0.1, -0.05) is 17.3 Å². The summed E-state index contributed by atoms with van der Waals surface area (Å²) in [6.07, 6.45) is 0.349. The number of methoxy groups -OCH3 is 1. The molecule has 1 aromatic carbocycles. The van der Waals surface area contributed by atoms with Gasteiger partial charge in [0.2, 0.25) is 17.6 Å². The summed E-state index contributed by atoms with van der Waals surface area (Å²) in [7, 11) is 1.33. The average molecular weight is 360 g/mol. The van der Waals surface area contributed by atoms with E-state index in [-0.39, 0.29) is 12.5 Å². The summed E-state index contributed by atoms with van der Waals surface area (Å²) in [4.78, 5) is 29.7. The first kappa shape index (κ1) is 18.0. The van der Waals surface area contributed by atoms with Crippen molar-refractivity contribution in [3.63, 3.8) is 0 Å². The second-order valence-corrected chi connectivity index (χ2v) is 5.87. The van der Waals surface area contributed by atoms with E-state index >= 15 is 0 Å². The molecule has 0 aliphatic carbocycles. The minimum Gasteiger partial charge on any atom is -0.465 e. The SMILES string of the molecule is COC(=O)c1ccc(-c2noc(CN3CCNC(=O)[C@H]3CCO)n2)cc1. The number of aliphatic hydroxyl groups is 1. The van der Waals surface area contributed by atoms with Gasteiger partial charge in [-0.15, -0.1) is 0 Å². The highest BCUT2D eigenvalue weighted by Crippen LogP contribution is 2.19. The van der Waals surface area contributed by atoms with Gasteiger partial charge < -0.3 is 19.7 Å². The first-order chi connectivity index (χ1) is 12.6. The molecule has 1 saturated heterocycles. The summed E-state index contributed by atoms with van der Waals surface area (Å²) in [5.74, 6) is 0.262. The maximum atomic E-state index is 12.0. The largest absolute Gasteiger partial charge is 0.465 e. The highest BCUT2D eigenvalue weighted by molar-refractivity contribution is 5.89. The number of aromatic nitrogens is 2. The standard InChI is InChI=1S/C17H20N4O5/c1-25-17(24)12-4-2-11(3-5-12)15-19-14(26-20-15)10-21-8-7-18-16(23)13(21)6-9-22/h2-5,13,22H,6-10H2,1H3,(H,18,23)/t13-/m1/s1. The minimum absolute atomic E-state index is 0.0732. The molecule has 3 rings (SSSR count). The Morgan fingerprint density at radius 1 is 1.42 bits per heavy atom. The molecule has 0 bridgehead atoms. The predicted molar refractivity (Wildman–Crippen MR) is 90.0 cm³/mol. The lowest BCUT2D eigenvalue weighted by Crippen LogP contribution is -2.55. The zero-order valence-electron chi connectivity index (χ0n) is 14.3. The molecule has 1 aliphatic rings. The molecule has 2 heterocycles. The number of hydrogen-bond acceptors (Lipinski definition) is 8. The highest BCUT2D eigenvalue weighted by atomic mass is 16.5. The lowest BCUT2D eigenvalue weighted by molar-refractivity contribution is -0.130. The fourth-order valence-electron chi connectivity index (χ4n) is 2.87. The van der Waals surface area contributed by atoms with Crippen LogP contribution in [0.15, 0.2) is 28.8 Å². The summed E-state index contributed by atoms with van der Waals surface area (Å²) in [6.45, 7) is 1.43. The number of carbonyl (C=O) groups is 2. The second-order valence-electron chi connectivity index (χ2n) is 5.87. The van der Waals surface area contributed by atoms with E-state index in [0.29, 0.717) is 48.9 Å². The Labute approximate surface area is 149 Å². The molecule has 1 aromatic heterocycles. The van der Waals surface area contributed by atoms with Crippen molar-refractivity contribution in [3.8, 4) is 11.4 Å². The number of rotatable bonds is 6. The zero-order chi connectivity index (χ0) is 18.5. The number of carbonyl (C=O) groups excluding carboxylic acids is 2. The molecule has 1 fully saturated rings. The summed E-state index contributed by atoms with van der Waals surface area (Å²) >= 11 is 0. The summed E-state index contributed by atoms with van der Waals surface area (Å²) in [5, 5.41) is 15.9. The van der Waals surface area contributed by atoms with Gasteiger partial charge in [0.25, 0.3) is 0 Å². The Balaban J connectivity index is 1.71. The third kappa shape index (κ3) is 3.89. The van der Waals surface area contributed by atoms with Crippen LogP contribution >= 0.6 is 0 Å². The molecule has 0 saturated carbocycles. The quantitative estimate of drug-likeness (QED) is 0.702. The number of piperazine rings is 1. The van der Waals surface area contributed by atoms with Gasteiger partial charge in [0, 0.05) is 25.3 Å². The van der Waals surface area contributed by atoms with Gasteiger partial charge in [0.05, 0.1) is 25.3 Å². The number of benzene rings is 1. The molecule has 9 nitrogen and oxygen atoms in total. The van der Waals surface area contributed by atoms with Gasteiger partial charge in [0.1, 0.15) is 0 Å². The fraction of sp³-hybridized carbons (Fsp3) is 0.412. The van der Waals surface area contributed by atoms with Crippen LogP contribution in [0.25, 0.3) is 11.4 Å². The van der Waals surface area contributed by atoms with Crippen molar-refractivity contribution >= 4 is 11.9 Å². The Morgan fingerprint density at radius 2 is 2.19 bits per heavy atom. The van der Waals surface area contributed by atoms with Crippen LogP contribution in [0.2, 0.25) is 0 Å². The van der Waals surface area contributed by atoms with Crippen LogP contribution in [-0.4, -0.2) is 64.9 Å². The third-order valence-electron chi connectivity index (χ3n) is 4.21. The van der Waals surface area contributed by atoms with Crippen LogP contribution in [-0.2, 0) is 16.1 Å². The van der Waals surface area contributed by atoms with Crippen molar-refractivity contribution < 1.29 is 24.0 Å². The number of ether oxygens (including phenoxy) is 1. The van der Waals surface area contributed by atoms with E-state index in [2.05, 4.69) is 20.2 Å². The summed E-state index contributed by atoms with van der Waals surface area (Å²) < 4.78 is 9.96. The van der Waals surface area contributed by atoms with E-state index in [1.807, 2.05) is 4.90 Å². The summed E-state index contributed by atoms with van der Waals surface area (Å²) in [6, 6.07) is 6.27. The van der Waals surface area contributed by atoms with Crippen molar-refractivity contribution in [2.75, 3.05) is 26.8 Å². The highest BCUT2D eigenvalue weighted by Gasteiger charge is 2.30. The maximum Gasteiger partial charge on any atom is 0.337 e. The van der Waals surface area contributed by atoms with E-state index in [4.69, 9.17) is 9.63 Å². The molecule has 0 spiro atoms. The van der Waals surface area contributed by atoms with Crippen LogP contribution in [0.4, 0.5) is 0 Å². The van der Waals surface area contributed by atoms with E-state index in [9.17, 15) is 9.59 Å².